The first kappa shape index (κ1) is 14.1. The summed E-state index contributed by atoms with van der Waals surface area (Å²) in [6.45, 7) is 7.68. The number of aryl methyl sites for hydroxylation is 2. The van der Waals surface area contributed by atoms with Crippen LogP contribution in [0.2, 0.25) is 0 Å². The Labute approximate surface area is 115 Å². The molecule has 1 aliphatic rings. The van der Waals surface area contributed by atoms with Gasteiger partial charge in [-0.1, -0.05) is 25.1 Å². The molecule has 19 heavy (non-hydrogen) atoms. The van der Waals surface area contributed by atoms with E-state index in [4.69, 9.17) is 5.73 Å². The van der Waals surface area contributed by atoms with Crippen LogP contribution in [0.1, 0.15) is 42.4 Å². The van der Waals surface area contributed by atoms with Gasteiger partial charge in [-0.25, -0.2) is 0 Å². The summed E-state index contributed by atoms with van der Waals surface area (Å²) in [5.41, 5.74) is 10.1. The first-order valence-corrected chi connectivity index (χ1v) is 7.11. The quantitative estimate of drug-likeness (QED) is 0.887. The van der Waals surface area contributed by atoms with Crippen molar-refractivity contribution in [3.8, 4) is 0 Å². The molecular formula is C16H24N2O. The van der Waals surface area contributed by atoms with Crippen molar-refractivity contribution < 1.29 is 4.79 Å². The molecule has 1 aromatic rings. The maximum atomic E-state index is 11.9. The lowest BCUT2D eigenvalue weighted by molar-refractivity contribution is -0.132. The molecule has 0 radical (unpaired) electrons. The summed E-state index contributed by atoms with van der Waals surface area (Å²) in [5.74, 6) is 0.586. The second-order valence-electron chi connectivity index (χ2n) is 5.69. The molecule has 2 unspecified atom stereocenters. The summed E-state index contributed by atoms with van der Waals surface area (Å²) in [6, 6.07) is 6.68. The first-order valence-electron chi connectivity index (χ1n) is 7.11. The SMILES string of the molecule is CCC(=O)N1CC(N)CC(c2ccc(C)c(C)c2)C1. The highest BCUT2D eigenvalue weighted by atomic mass is 16.2. The summed E-state index contributed by atoms with van der Waals surface area (Å²) in [4.78, 5) is 13.8. The number of carbonyl (C=O) groups excluding carboxylic acids is 1. The molecule has 2 rings (SSSR count). The van der Waals surface area contributed by atoms with Crippen LogP contribution in [0.4, 0.5) is 0 Å². The predicted molar refractivity (Wildman–Crippen MR) is 78.1 cm³/mol. The van der Waals surface area contributed by atoms with Crippen LogP contribution in [0.3, 0.4) is 0 Å². The first-order chi connectivity index (χ1) is 9.01. The van der Waals surface area contributed by atoms with E-state index >= 15 is 0 Å². The fourth-order valence-electron chi connectivity index (χ4n) is 2.83. The molecule has 1 aliphatic heterocycles. The Bertz CT molecular complexity index is 470. The lowest BCUT2D eigenvalue weighted by Crippen LogP contribution is -2.48. The van der Waals surface area contributed by atoms with E-state index in [1.165, 1.54) is 16.7 Å². The number of piperidine rings is 1. The summed E-state index contributed by atoms with van der Waals surface area (Å²) in [6.07, 6.45) is 1.53. The third-order valence-electron chi connectivity index (χ3n) is 4.14. The number of amides is 1. The molecule has 0 saturated carbocycles. The van der Waals surface area contributed by atoms with Gasteiger partial charge in [0.25, 0.3) is 0 Å². The Morgan fingerprint density at radius 3 is 2.68 bits per heavy atom. The zero-order valence-corrected chi connectivity index (χ0v) is 12.1. The molecule has 2 N–H and O–H groups in total. The lowest BCUT2D eigenvalue weighted by Gasteiger charge is -2.36. The van der Waals surface area contributed by atoms with E-state index in [1.54, 1.807) is 0 Å². The van der Waals surface area contributed by atoms with E-state index in [0.29, 0.717) is 18.9 Å². The number of hydrogen-bond acceptors (Lipinski definition) is 2. The van der Waals surface area contributed by atoms with Gasteiger partial charge in [0.15, 0.2) is 0 Å². The van der Waals surface area contributed by atoms with E-state index in [2.05, 4.69) is 32.0 Å². The van der Waals surface area contributed by atoms with Gasteiger partial charge in [0.2, 0.25) is 5.91 Å². The van der Waals surface area contributed by atoms with Crippen LogP contribution < -0.4 is 5.73 Å². The molecule has 0 spiro atoms. The van der Waals surface area contributed by atoms with Gasteiger partial charge in [-0.2, -0.15) is 0 Å². The van der Waals surface area contributed by atoms with Crippen molar-refractivity contribution in [2.45, 2.75) is 45.6 Å². The largest absolute Gasteiger partial charge is 0.341 e. The van der Waals surface area contributed by atoms with Crippen molar-refractivity contribution in [3.63, 3.8) is 0 Å². The Balaban J connectivity index is 2.18. The third-order valence-corrected chi connectivity index (χ3v) is 4.14. The molecule has 1 amide bonds. The molecule has 3 nitrogen and oxygen atoms in total. The maximum Gasteiger partial charge on any atom is 0.222 e. The van der Waals surface area contributed by atoms with Crippen LogP contribution in [-0.4, -0.2) is 29.9 Å². The predicted octanol–water partition coefficient (Wildman–Crippen LogP) is 2.36. The molecule has 1 aromatic carbocycles. The topological polar surface area (TPSA) is 46.3 Å². The minimum atomic E-state index is 0.0934. The monoisotopic (exact) mass is 260 g/mol. The highest BCUT2D eigenvalue weighted by Crippen LogP contribution is 2.28. The molecular weight excluding hydrogens is 236 g/mol. The number of rotatable bonds is 2. The third kappa shape index (κ3) is 3.16. The van der Waals surface area contributed by atoms with Crippen LogP contribution >= 0.6 is 0 Å². The summed E-state index contributed by atoms with van der Waals surface area (Å²) < 4.78 is 0. The van der Waals surface area contributed by atoms with E-state index < -0.39 is 0 Å². The summed E-state index contributed by atoms with van der Waals surface area (Å²) >= 11 is 0. The molecule has 0 bridgehead atoms. The smallest absolute Gasteiger partial charge is 0.222 e. The Hall–Kier alpha value is -1.35. The van der Waals surface area contributed by atoms with Gasteiger partial charge in [0, 0.05) is 31.5 Å². The van der Waals surface area contributed by atoms with Crippen molar-refractivity contribution in [2.75, 3.05) is 13.1 Å². The normalized spacial score (nSPS) is 23.5. The average Bonchev–Trinajstić information content (AvgIpc) is 2.40. The van der Waals surface area contributed by atoms with Gasteiger partial charge in [-0.05, 0) is 37.0 Å². The van der Waals surface area contributed by atoms with Gasteiger partial charge in [-0.3, -0.25) is 4.79 Å². The van der Waals surface area contributed by atoms with E-state index in [-0.39, 0.29) is 11.9 Å². The van der Waals surface area contributed by atoms with Crippen LogP contribution in [0.5, 0.6) is 0 Å². The minimum Gasteiger partial charge on any atom is -0.341 e. The Morgan fingerprint density at radius 1 is 1.32 bits per heavy atom. The van der Waals surface area contributed by atoms with E-state index in [1.807, 2.05) is 11.8 Å². The fraction of sp³-hybridized carbons (Fsp3) is 0.562. The standard InChI is InChI=1S/C16H24N2O/c1-4-16(19)18-9-14(8-15(17)10-18)13-6-5-11(2)12(3)7-13/h5-7,14-15H,4,8-10,17H2,1-3H3. The molecule has 1 heterocycles. The van der Waals surface area contributed by atoms with E-state index in [9.17, 15) is 4.79 Å². The van der Waals surface area contributed by atoms with E-state index in [0.717, 1.165) is 13.0 Å². The Kier molecular flexibility index (Phi) is 4.25. The molecule has 0 aromatic heterocycles. The molecule has 3 heteroatoms. The number of nitrogens with two attached hydrogens (primary N) is 1. The minimum absolute atomic E-state index is 0.0934. The number of benzene rings is 1. The van der Waals surface area contributed by atoms with Crippen molar-refractivity contribution in [1.29, 1.82) is 0 Å². The highest BCUT2D eigenvalue weighted by Gasteiger charge is 2.28. The Morgan fingerprint density at radius 2 is 2.05 bits per heavy atom. The molecule has 2 atom stereocenters. The lowest BCUT2D eigenvalue weighted by atomic mass is 9.87. The number of likely N-dealkylation sites (tertiary alicyclic amines) is 1. The summed E-state index contributed by atoms with van der Waals surface area (Å²) in [5, 5.41) is 0. The van der Waals surface area contributed by atoms with Crippen molar-refractivity contribution in [1.82, 2.24) is 4.90 Å². The van der Waals surface area contributed by atoms with Gasteiger partial charge >= 0.3 is 0 Å². The number of nitrogens with zero attached hydrogens (tertiary/aromatic N) is 1. The van der Waals surface area contributed by atoms with Gasteiger partial charge in [0.05, 0.1) is 0 Å². The number of carbonyl (C=O) groups is 1. The van der Waals surface area contributed by atoms with Gasteiger partial charge < -0.3 is 10.6 Å². The van der Waals surface area contributed by atoms with Crippen molar-refractivity contribution in [2.24, 2.45) is 5.73 Å². The summed E-state index contributed by atoms with van der Waals surface area (Å²) in [7, 11) is 0. The average molecular weight is 260 g/mol. The second-order valence-corrected chi connectivity index (χ2v) is 5.69. The fourth-order valence-corrected chi connectivity index (χ4v) is 2.83. The second kappa shape index (κ2) is 5.74. The van der Waals surface area contributed by atoms with Crippen LogP contribution in [-0.2, 0) is 4.79 Å². The zero-order chi connectivity index (χ0) is 14.0. The van der Waals surface area contributed by atoms with Gasteiger partial charge in [0.1, 0.15) is 0 Å². The van der Waals surface area contributed by atoms with Crippen LogP contribution in [0.25, 0.3) is 0 Å². The molecule has 1 saturated heterocycles. The van der Waals surface area contributed by atoms with Gasteiger partial charge in [-0.15, -0.1) is 0 Å². The molecule has 104 valence electrons. The van der Waals surface area contributed by atoms with Crippen molar-refractivity contribution >= 4 is 5.91 Å². The zero-order valence-electron chi connectivity index (χ0n) is 12.1. The van der Waals surface area contributed by atoms with Crippen molar-refractivity contribution in [3.05, 3.63) is 34.9 Å². The molecule has 1 fully saturated rings. The number of hydrogen-bond donors (Lipinski definition) is 1. The van der Waals surface area contributed by atoms with Crippen LogP contribution in [0.15, 0.2) is 18.2 Å². The maximum absolute atomic E-state index is 11.9. The molecule has 0 aliphatic carbocycles. The highest BCUT2D eigenvalue weighted by molar-refractivity contribution is 5.76. The van der Waals surface area contributed by atoms with Crippen LogP contribution in [0, 0.1) is 13.8 Å².